The number of carbonyl (C=O) groups excluding carboxylic acids is 2. The van der Waals surface area contributed by atoms with Crippen molar-refractivity contribution in [1.29, 1.82) is 0 Å². The molecule has 0 spiro atoms. The number of carbonyl (C=O) groups is 2. The lowest BCUT2D eigenvalue weighted by atomic mass is 9.81. The van der Waals surface area contributed by atoms with Crippen LogP contribution in [0.5, 0.6) is 0 Å². The Morgan fingerprint density at radius 1 is 1.03 bits per heavy atom. The summed E-state index contributed by atoms with van der Waals surface area (Å²) in [7, 11) is -3.58. The van der Waals surface area contributed by atoms with Crippen molar-refractivity contribution < 1.29 is 22.7 Å². The summed E-state index contributed by atoms with van der Waals surface area (Å²) in [5.41, 5.74) is 1.47. The maximum Gasteiger partial charge on any atom is 0.331 e. The predicted molar refractivity (Wildman–Crippen MR) is 125 cm³/mol. The molecule has 7 nitrogen and oxygen atoms in total. The number of benzene rings is 1. The number of ether oxygens (including phenoxy) is 1. The van der Waals surface area contributed by atoms with Crippen LogP contribution in [0, 0.1) is 5.92 Å². The molecule has 1 amide bonds. The second-order valence-corrected chi connectivity index (χ2v) is 11.6. The van der Waals surface area contributed by atoms with E-state index in [0.29, 0.717) is 43.7 Å². The number of aryl methyl sites for hydroxylation is 2. The third kappa shape index (κ3) is 5.11. The minimum absolute atomic E-state index is 0.157. The molecular weight excluding hydrogens is 440 g/mol. The number of nitrogens with one attached hydrogen (secondary N) is 1. The fraction of sp³-hybridized carbons (Fsp3) is 0.680. The van der Waals surface area contributed by atoms with E-state index in [1.165, 1.54) is 9.87 Å². The van der Waals surface area contributed by atoms with Crippen molar-refractivity contribution in [3.05, 3.63) is 29.3 Å². The van der Waals surface area contributed by atoms with Crippen molar-refractivity contribution in [2.75, 3.05) is 19.7 Å². The number of rotatable bonds is 6. The summed E-state index contributed by atoms with van der Waals surface area (Å²) < 4.78 is 33.3. The zero-order chi connectivity index (χ0) is 23.5. The van der Waals surface area contributed by atoms with E-state index in [1.54, 1.807) is 13.0 Å². The predicted octanol–water partition coefficient (Wildman–Crippen LogP) is 3.35. The second-order valence-electron chi connectivity index (χ2n) is 9.67. The van der Waals surface area contributed by atoms with E-state index in [-0.39, 0.29) is 24.4 Å². The van der Waals surface area contributed by atoms with Crippen LogP contribution < -0.4 is 5.32 Å². The Kier molecular flexibility index (Phi) is 7.43. The lowest BCUT2D eigenvalue weighted by Crippen LogP contribution is -2.58. The molecule has 1 aromatic rings. The number of hydrogen-bond acceptors (Lipinski definition) is 5. The van der Waals surface area contributed by atoms with E-state index < -0.39 is 15.6 Å². The lowest BCUT2D eigenvalue weighted by Gasteiger charge is -2.38. The monoisotopic (exact) mass is 476 g/mol. The topological polar surface area (TPSA) is 92.8 Å². The SMILES string of the molecule is CCOC(=O)C1(NC(=O)C2CCN(S(=O)(=O)c3ccc4c(c3)CCCC4)CC2)CCCCC1. The average molecular weight is 477 g/mol. The molecule has 8 heteroatoms. The number of esters is 1. The van der Waals surface area contributed by atoms with Gasteiger partial charge in [-0.1, -0.05) is 25.3 Å². The normalized spacial score (nSPS) is 21.7. The van der Waals surface area contributed by atoms with Gasteiger partial charge in [0, 0.05) is 19.0 Å². The number of piperidine rings is 1. The van der Waals surface area contributed by atoms with Gasteiger partial charge < -0.3 is 10.1 Å². The molecule has 2 fully saturated rings. The van der Waals surface area contributed by atoms with Gasteiger partial charge in [0.1, 0.15) is 5.54 Å². The van der Waals surface area contributed by atoms with Crippen LogP contribution in [0.1, 0.15) is 75.8 Å². The van der Waals surface area contributed by atoms with Crippen molar-refractivity contribution in [1.82, 2.24) is 9.62 Å². The first-order valence-electron chi connectivity index (χ1n) is 12.5. The molecule has 0 atom stereocenters. The molecule has 0 radical (unpaired) electrons. The number of sulfonamides is 1. The summed E-state index contributed by atoms with van der Waals surface area (Å²) >= 11 is 0. The number of amides is 1. The Balaban J connectivity index is 1.39. The van der Waals surface area contributed by atoms with Crippen LogP contribution in [0.25, 0.3) is 0 Å². The number of hydrogen-bond donors (Lipinski definition) is 1. The minimum atomic E-state index is -3.58. The van der Waals surface area contributed by atoms with Gasteiger partial charge in [0.15, 0.2) is 0 Å². The lowest BCUT2D eigenvalue weighted by molar-refractivity contribution is -0.155. The highest BCUT2D eigenvalue weighted by Gasteiger charge is 2.44. The van der Waals surface area contributed by atoms with Crippen LogP contribution in [-0.4, -0.2) is 49.8 Å². The molecular formula is C25H36N2O5S. The fourth-order valence-corrected chi connectivity index (χ4v) is 7.04. The summed E-state index contributed by atoms with van der Waals surface area (Å²) in [5, 5.41) is 3.02. The Morgan fingerprint density at radius 3 is 2.36 bits per heavy atom. The Labute approximate surface area is 197 Å². The van der Waals surface area contributed by atoms with Crippen LogP contribution >= 0.6 is 0 Å². The van der Waals surface area contributed by atoms with Gasteiger partial charge in [-0.25, -0.2) is 13.2 Å². The molecule has 3 aliphatic rings. The molecule has 0 aromatic heterocycles. The van der Waals surface area contributed by atoms with Crippen molar-refractivity contribution in [2.24, 2.45) is 5.92 Å². The highest BCUT2D eigenvalue weighted by molar-refractivity contribution is 7.89. The third-order valence-electron chi connectivity index (χ3n) is 7.52. The first-order valence-corrected chi connectivity index (χ1v) is 13.9. The summed E-state index contributed by atoms with van der Waals surface area (Å²) in [4.78, 5) is 26.1. The van der Waals surface area contributed by atoms with Gasteiger partial charge in [0.05, 0.1) is 11.5 Å². The highest BCUT2D eigenvalue weighted by Crippen LogP contribution is 2.32. The minimum Gasteiger partial charge on any atom is -0.464 e. The molecule has 2 aliphatic carbocycles. The molecule has 1 heterocycles. The maximum absolute atomic E-state index is 13.2. The Hall–Kier alpha value is -1.93. The summed E-state index contributed by atoms with van der Waals surface area (Å²) in [6.45, 7) is 2.68. The number of fused-ring (bicyclic) bond motifs is 1. The van der Waals surface area contributed by atoms with E-state index in [4.69, 9.17) is 4.74 Å². The molecule has 182 valence electrons. The summed E-state index contributed by atoms with van der Waals surface area (Å²) in [6, 6.07) is 5.53. The zero-order valence-electron chi connectivity index (χ0n) is 19.6. The molecule has 0 bridgehead atoms. The van der Waals surface area contributed by atoms with Gasteiger partial charge in [0.25, 0.3) is 0 Å². The molecule has 4 rings (SSSR count). The van der Waals surface area contributed by atoms with Gasteiger partial charge in [-0.15, -0.1) is 0 Å². The summed E-state index contributed by atoms with van der Waals surface area (Å²) in [5.74, 6) is -0.797. The number of nitrogens with zero attached hydrogens (tertiary/aromatic N) is 1. The Bertz CT molecular complexity index is 977. The van der Waals surface area contributed by atoms with E-state index in [2.05, 4.69) is 5.32 Å². The van der Waals surface area contributed by atoms with Gasteiger partial charge in [0.2, 0.25) is 15.9 Å². The quantitative estimate of drug-likeness (QED) is 0.636. The molecule has 1 aliphatic heterocycles. The molecule has 1 aromatic carbocycles. The van der Waals surface area contributed by atoms with Crippen LogP contribution in [0.2, 0.25) is 0 Å². The van der Waals surface area contributed by atoms with Crippen LogP contribution in [0.3, 0.4) is 0 Å². The van der Waals surface area contributed by atoms with Crippen LogP contribution in [-0.2, 0) is 37.2 Å². The van der Waals surface area contributed by atoms with E-state index >= 15 is 0 Å². The molecule has 1 saturated carbocycles. The van der Waals surface area contributed by atoms with E-state index in [1.807, 2.05) is 12.1 Å². The largest absolute Gasteiger partial charge is 0.464 e. The fourth-order valence-electron chi connectivity index (χ4n) is 5.52. The standard InChI is InChI=1S/C25H36N2O5S/c1-2-32-24(29)25(14-6-3-7-15-25)26-23(28)20-12-16-27(17-13-20)33(30,31)22-11-10-19-8-4-5-9-21(19)18-22/h10-11,18,20H,2-9,12-17H2,1H3,(H,26,28). The maximum atomic E-state index is 13.2. The van der Waals surface area contributed by atoms with Gasteiger partial charge >= 0.3 is 5.97 Å². The average Bonchev–Trinajstić information content (AvgIpc) is 2.84. The van der Waals surface area contributed by atoms with Gasteiger partial charge in [-0.3, -0.25) is 4.79 Å². The third-order valence-corrected chi connectivity index (χ3v) is 9.41. The zero-order valence-corrected chi connectivity index (χ0v) is 20.4. The Morgan fingerprint density at radius 2 is 1.70 bits per heavy atom. The smallest absolute Gasteiger partial charge is 0.331 e. The first-order chi connectivity index (χ1) is 15.9. The van der Waals surface area contributed by atoms with Gasteiger partial charge in [-0.05, 0) is 81.5 Å². The molecule has 1 saturated heterocycles. The first kappa shape index (κ1) is 24.2. The molecule has 33 heavy (non-hydrogen) atoms. The molecule has 0 unspecified atom stereocenters. The van der Waals surface area contributed by atoms with Crippen molar-refractivity contribution in [2.45, 2.75) is 88.0 Å². The van der Waals surface area contributed by atoms with Crippen molar-refractivity contribution in [3.63, 3.8) is 0 Å². The van der Waals surface area contributed by atoms with Crippen molar-refractivity contribution in [3.8, 4) is 0 Å². The van der Waals surface area contributed by atoms with Gasteiger partial charge in [-0.2, -0.15) is 4.31 Å². The molecule has 1 N–H and O–H groups in total. The van der Waals surface area contributed by atoms with Crippen LogP contribution in [0.15, 0.2) is 23.1 Å². The van der Waals surface area contributed by atoms with E-state index in [0.717, 1.165) is 50.5 Å². The summed E-state index contributed by atoms with van der Waals surface area (Å²) in [6.07, 6.45) is 9.14. The van der Waals surface area contributed by atoms with Crippen LogP contribution in [0.4, 0.5) is 0 Å². The highest BCUT2D eigenvalue weighted by atomic mass is 32.2. The second kappa shape index (κ2) is 10.1. The van der Waals surface area contributed by atoms with Crippen molar-refractivity contribution >= 4 is 21.9 Å². The van der Waals surface area contributed by atoms with E-state index in [9.17, 15) is 18.0 Å².